The molecule has 3 heteroatoms. The number of hydrogen-bond acceptors (Lipinski definition) is 2. The minimum atomic E-state index is -0.00566. The van der Waals surface area contributed by atoms with Crippen molar-refractivity contribution in [1.82, 2.24) is 0 Å². The first-order valence-corrected chi connectivity index (χ1v) is 6.72. The summed E-state index contributed by atoms with van der Waals surface area (Å²) in [4.78, 5) is 23.5. The van der Waals surface area contributed by atoms with Gasteiger partial charge in [0.1, 0.15) is 0 Å². The van der Waals surface area contributed by atoms with Crippen molar-refractivity contribution in [1.29, 1.82) is 0 Å². The van der Waals surface area contributed by atoms with Gasteiger partial charge < -0.3 is 5.32 Å². The molecule has 1 amide bonds. The van der Waals surface area contributed by atoms with E-state index >= 15 is 0 Å². The van der Waals surface area contributed by atoms with E-state index in [2.05, 4.69) is 5.32 Å². The molecule has 0 saturated heterocycles. The molecule has 1 N–H and O–H groups in total. The summed E-state index contributed by atoms with van der Waals surface area (Å²) in [6.45, 7) is 0. The van der Waals surface area contributed by atoms with Crippen LogP contribution >= 0.6 is 0 Å². The molecule has 0 fully saturated rings. The van der Waals surface area contributed by atoms with Gasteiger partial charge in [-0.3, -0.25) is 9.59 Å². The molecular weight excluding hydrogens is 250 g/mol. The summed E-state index contributed by atoms with van der Waals surface area (Å²) >= 11 is 0. The van der Waals surface area contributed by atoms with Gasteiger partial charge in [0, 0.05) is 17.7 Å². The smallest absolute Gasteiger partial charge is 0.228 e. The van der Waals surface area contributed by atoms with E-state index in [1.807, 2.05) is 42.5 Å². The van der Waals surface area contributed by atoms with E-state index in [-0.39, 0.29) is 11.7 Å². The summed E-state index contributed by atoms with van der Waals surface area (Å²) < 4.78 is 0. The predicted molar refractivity (Wildman–Crippen MR) is 77.9 cm³/mol. The largest absolute Gasteiger partial charge is 0.326 e. The number of aryl methyl sites for hydroxylation is 1. The quantitative estimate of drug-likeness (QED) is 0.864. The lowest BCUT2D eigenvalue weighted by atomic mass is 10.0. The maximum atomic E-state index is 12.2. The number of carbonyl (C=O) groups excluding carboxylic acids is 2. The summed E-state index contributed by atoms with van der Waals surface area (Å²) in [6.07, 6.45) is 1.60. The van der Waals surface area contributed by atoms with Crippen LogP contribution in [0.15, 0.2) is 48.5 Å². The van der Waals surface area contributed by atoms with Crippen molar-refractivity contribution in [3.8, 4) is 0 Å². The predicted octanol–water partition coefficient (Wildman–Crippen LogP) is 3.00. The van der Waals surface area contributed by atoms with Crippen molar-refractivity contribution in [3.63, 3.8) is 0 Å². The van der Waals surface area contributed by atoms with Gasteiger partial charge in [-0.15, -0.1) is 0 Å². The van der Waals surface area contributed by atoms with E-state index in [1.165, 1.54) is 5.56 Å². The zero-order valence-corrected chi connectivity index (χ0v) is 11.1. The molecule has 0 radical (unpaired) electrons. The summed E-state index contributed by atoms with van der Waals surface area (Å²) in [7, 11) is 0. The van der Waals surface area contributed by atoms with E-state index < -0.39 is 0 Å². The number of rotatable bonds is 4. The van der Waals surface area contributed by atoms with E-state index in [0.29, 0.717) is 18.4 Å². The molecule has 3 nitrogen and oxygen atoms in total. The molecule has 0 bridgehead atoms. The number of Topliss-reactive ketones (excluding diaryl/α,β-unsaturated/α-hetero) is 1. The van der Waals surface area contributed by atoms with Crippen LogP contribution in [0.5, 0.6) is 0 Å². The molecule has 100 valence electrons. The average molecular weight is 265 g/mol. The maximum Gasteiger partial charge on any atom is 0.228 e. The highest BCUT2D eigenvalue weighted by atomic mass is 16.1. The molecule has 1 heterocycles. The first-order valence-electron chi connectivity index (χ1n) is 6.72. The summed E-state index contributed by atoms with van der Waals surface area (Å²) in [6, 6.07) is 15.4. The number of nitrogens with one attached hydrogen (secondary N) is 1. The van der Waals surface area contributed by atoms with Gasteiger partial charge in [-0.05, 0) is 35.7 Å². The fraction of sp³-hybridized carbons (Fsp3) is 0.176. The summed E-state index contributed by atoms with van der Waals surface area (Å²) in [5.74, 6) is 0.116. The Morgan fingerprint density at radius 3 is 2.70 bits per heavy atom. The molecule has 0 saturated carbocycles. The van der Waals surface area contributed by atoms with Gasteiger partial charge in [-0.25, -0.2) is 0 Å². The van der Waals surface area contributed by atoms with Gasteiger partial charge in [-0.1, -0.05) is 30.3 Å². The molecule has 0 unspecified atom stereocenters. The van der Waals surface area contributed by atoms with Gasteiger partial charge in [0.05, 0.1) is 6.42 Å². The lowest BCUT2D eigenvalue weighted by Gasteiger charge is -2.04. The SMILES string of the molecule is O=C1Cc2cc(C(=O)CCc3ccccc3)ccc2N1. The standard InChI is InChI=1S/C17H15NO2/c19-16(9-6-12-4-2-1-3-5-12)13-7-8-15-14(10-13)11-17(20)18-15/h1-5,7-8,10H,6,9,11H2,(H,18,20). The lowest BCUT2D eigenvalue weighted by Crippen LogP contribution is -2.03. The van der Waals surface area contributed by atoms with Gasteiger partial charge in [-0.2, -0.15) is 0 Å². The fourth-order valence-electron chi connectivity index (χ4n) is 2.45. The van der Waals surface area contributed by atoms with Crippen molar-refractivity contribution < 1.29 is 9.59 Å². The highest BCUT2D eigenvalue weighted by Crippen LogP contribution is 2.24. The summed E-state index contributed by atoms with van der Waals surface area (Å²) in [5.41, 5.74) is 3.60. The first-order chi connectivity index (χ1) is 9.72. The molecule has 0 spiro atoms. The Bertz CT molecular complexity index is 662. The minimum Gasteiger partial charge on any atom is -0.326 e. The Morgan fingerprint density at radius 1 is 1.10 bits per heavy atom. The Hall–Kier alpha value is -2.42. The molecule has 1 aliphatic heterocycles. The first kappa shape index (κ1) is 12.6. The van der Waals surface area contributed by atoms with Gasteiger partial charge in [0.15, 0.2) is 5.78 Å². The van der Waals surface area contributed by atoms with Crippen molar-refractivity contribution in [2.75, 3.05) is 5.32 Å². The third-order valence-electron chi connectivity index (χ3n) is 3.54. The molecule has 0 atom stereocenters. The fourth-order valence-corrected chi connectivity index (χ4v) is 2.45. The van der Waals surface area contributed by atoms with Crippen LogP contribution in [-0.2, 0) is 17.6 Å². The maximum absolute atomic E-state index is 12.2. The highest BCUT2D eigenvalue weighted by molar-refractivity contribution is 6.02. The average Bonchev–Trinajstić information content (AvgIpc) is 2.85. The lowest BCUT2D eigenvalue weighted by molar-refractivity contribution is -0.115. The number of amides is 1. The zero-order chi connectivity index (χ0) is 13.9. The number of ketones is 1. The zero-order valence-electron chi connectivity index (χ0n) is 11.1. The second-order valence-electron chi connectivity index (χ2n) is 5.01. The monoisotopic (exact) mass is 265 g/mol. The third kappa shape index (κ3) is 2.62. The Morgan fingerprint density at radius 2 is 1.90 bits per heavy atom. The summed E-state index contributed by atoms with van der Waals surface area (Å²) in [5, 5.41) is 2.77. The van der Waals surface area contributed by atoms with Gasteiger partial charge in [0.25, 0.3) is 0 Å². The van der Waals surface area contributed by atoms with Crippen molar-refractivity contribution in [2.45, 2.75) is 19.3 Å². The Kier molecular flexibility index (Phi) is 3.33. The topological polar surface area (TPSA) is 46.2 Å². The number of fused-ring (bicyclic) bond motifs is 1. The number of anilines is 1. The van der Waals surface area contributed by atoms with E-state index in [4.69, 9.17) is 0 Å². The van der Waals surface area contributed by atoms with Crippen molar-refractivity contribution in [3.05, 3.63) is 65.2 Å². The van der Waals surface area contributed by atoms with Crippen LogP contribution in [0.25, 0.3) is 0 Å². The van der Waals surface area contributed by atoms with Crippen LogP contribution in [-0.4, -0.2) is 11.7 Å². The van der Waals surface area contributed by atoms with Crippen LogP contribution in [0.3, 0.4) is 0 Å². The Labute approximate surface area is 117 Å². The molecule has 1 aliphatic rings. The van der Waals surface area contributed by atoms with Gasteiger partial charge >= 0.3 is 0 Å². The van der Waals surface area contributed by atoms with Crippen LogP contribution in [0.2, 0.25) is 0 Å². The van der Waals surface area contributed by atoms with E-state index in [1.54, 1.807) is 6.07 Å². The molecule has 2 aromatic carbocycles. The number of carbonyl (C=O) groups is 2. The van der Waals surface area contributed by atoms with Gasteiger partial charge in [0.2, 0.25) is 5.91 Å². The second-order valence-corrected chi connectivity index (χ2v) is 5.01. The second kappa shape index (κ2) is 5.29. The number of benzene rings is 2. The van der Waals surface area contributed by atoms with Crippen LogP contribution in [0.1, 0.15) is 27.9 Å². The molecule has 2 aromatic rings. The molecule has 0 aromatic heterocycles. The van der Waals surface area contributed by atoms with Crippen LogP contribution < -0.4 is 5.32 Å². The van der Waals surface area contributed by atoms with E-state index in [0.717, 1.165) is 17.7 Å². The molecular formula is C17H15NO2. The van der Waals surface area contributed by atoms with Crippen molar-refractivity contribution in [2.24, 2.45) is 0 Å². The highest BCUT2D eigenvalue weighted by Gasteiger charge is 2.18. The minimum absolute atomic E-state index is 0.00566. The normalized spacial score (nSPS) is 12.9. The number of hydrogen-bond donors (Lipinski definition) is 1. The van der Waals surface area contributed by atoms with Crippen LogP contribution in [0, 0.1) is 0 Å². The van der Waals surface area contributed by atoms with Crippen LogP contribution in [0.4, 0.5) is 5.69 Å². The Balaban J connectivity index is 1.69. The molecule has 20 heavy (non-hydrogen) atoms. The third-order valence-corrected chi connectivity index (χ3v) is 3.54. The molecule has 3 rings (SSSR count). The molecule has 0 aliphatic carbocycles. The van der Waals surface area contributed by atoms with Crippen molar-refractivity contribution >= 4 is 17.4 Å². The van der Waals surface area contributed by atoms with E-state index in [9.17, 15) is 9.59 Å².